The summed E-state index contributed by atoms with van der Waals surface area (Å²) in [6.07, 6.45) is 4.65. The molecule has 1 N–H and O–H groups in total. The van der Waals surface area contributed by atoms with Crippen LogP contribution in [0.5, 0.6) is 0 Å². The lowest BCUT2D eigenvalue weighted by Crippen LogP contribution is -2.38. The van der Waals surface area contributed by atoms with Gasteiger partial charge in [-0.3, -0.25) is 14.3 Å². The van der Waals surface area contributed by atoms with Crippen molar-refractivity contribution in [2.45, 2.75) is 25.3 Å². The Labute approximate surface area is 171 Å². The van der Waals surface area contributed by atoms with Gasteiger partial charge in [-0.1, -0.05) is 30.3 Å². The van der Waals surface area contributed by atoms with Crippen molar-refractivity contribution in [3.8, 4) is 0 Å². The number of amides is 1. The van der Waals surface area contributed by atoms with Gasteiger partial charge < -0.3 is 15.0 Å². The lowest BCUT2D eigenvalue weighted by Gasteiger charge is -2.23. The highest BCUT2D eigenvalue weighted by atomic mass is 35.5. The molecule has 2 aromatic rings. The summed E-state index contributed by atoms with van der Waals surface area (Å²) < 4.78 is 6.61. The largest absolute Gasteiger partial charge is 0.468 e. The maximum Gasteiger partial charge on any atom is 0.325 e. The highest BCUT2D eigenvalue weighted by molar-refractivity contribution is 5.94. The predicted octanol–water partition coefficient (Wildman–Crippen LogP) is 2.09. The van der Waals surface area contributed by atoms with E-state index in [-0.39, 0.29) is 30.9 Å². The molecule has 1 saturated heterocycles. The first kappa shape index (κ1) is 21.9. The molecule has 0 spiro atoms. The van der Waals surface area contributed by atoms with E-state index in [4.69, 9.17) is 4.74 Å². The molecule has 2 heterocycles. The molecule has 8 heteroatoms. The van der Waals surface area contributed by atoms with Crippen LogP contribution in [0.4, 0.5) is 0 Å². The van der Waals surface area contributed by atoms with Crippen molar-refractivity contribution < 1.29 is 14.3 Å². The van der Waals surface area contributed by atoms with Crippen LogP contribution in [0.15, 0.2) is 42.6 Å². The monoisotopic (exact) mass is 406 g/mol. The first-order valence-electron chi connectivity index (χ1n) is 9.33. The smallest absolute Gasteiger partial charge is 0.325 e. The molecule has 3 rings (SSSR count). The highest BCUT2D eigenvalue weighted by Crippen LogP contribution is 2.16. The minimum Gasteiger partial charge on any atom is -0.468 e. The Balaban J connectivity index is 0.00000280. The van der Waals surface area contributed by atoms with E-state index in [1.54, 1.807) is 6.07 Å². The highest BCUT2D eigenvalue weighted by Gasteiger charge is 2.23. The number of nitrogens with zero attached hydrogens (tertiary/aromatic N) is 3. The molecule has 1 unspecified atom stereocenters. The van der Waals surface area contributed by atoms with E-state index in [1.807, 2.05) is 41.2 Å². The maximum absolute atomic E-state index is 12.9. The number of esters is 1. The second-order valence-corrected chi connectivity index (χ2v) is 6.72. The fourth-order valence-corrected chi connectivity index (χ4v) is 3.26. The average Bonchev–Trinajstić information content (AvgIpc) is 3.22. The summed E-state index contributed by atoms with van der Waals surface area (Å²) in [6, 6.07) is 11.9. The van der Waals surface area contributed by atoms with Crippen molar-refractivity contribution >= 4 is 24.3 Å². The maximum atomic E-state index is 12.9. The van der Waals surface area contributed by atoms with E-state index >= 15 is 0 Å². The Morgan fingerprint density at radius 3 is 2.75 bits per heavy atom. The Hall–Kier alpha value is -2.38. The standard InChI is InChI=1S/C20H26N4O3.ClH/c1-27-19(25)15-23(12-9-16-6-3-2-4-7-16)20(26)18-10-13-24(22-18)17-8-5-11-21-14-17;/h2-4,6-7,10,13,17,21H,5,8-9,11-12,14-15H2,1H3;1H. The summed E-state index contributed by atoms with van der Waals surface area (Å²) in [4.78, 5) is 26.2. The number of aromatic nitrogens is 2. The zero-order valence-electron chi connectivity index (χ0n) is 16.0. The Bertz CT molecular complexity index is 760. The number of ether oxygens (including phenoxy) is 1. The number of benzene rings is 1. The number of nitrogens with one attached hydrogen (secondary N) is 1. The third-order valence-corrected chi connectivity index (χ3v) is 4.82. The number of halogens is 1. The lowest BCUT2D eigenvalue weighted by molar-refractivity contribution is -0.141. The van der Waals surface area contributed by atoms with Crippen LogP contribution in [0.2, 0.25) is 0 Å². The molecular formula is C20H27ClN4O3. The number of methoxy groups -OCH3 is 1. The van der Waals surface area contributed by atoms with Crippen molar-refractivity contribution in [2.75, 3.05) is 33.3 Å². The van der Waals surface area contributed by atoms with E-state index in [1.165, 1.54) is 12.0 Å². The van der Waals surface area contributed by atoms with Gasteiger partial charge in [0.2, 0.25) is 0 Å². The SMILES string of the molecule is COC(=O)CN(CCc1ccccc1)C(=O)c1ccn(C2CCCNC2)n1.Cl. The van der Waals surface area contributed by atoms with Gasteiger partial charge in [0, 0.05) is 19.3 Å². The van der Waals surface area contributed by atoms with Crippen molar-refractivity contribution in [1.29, 1.82) is 0 Å². The van der Waals surface area contributed by atoms with Gasteiger partial charge in [-0.25, -0.2) is 0 Å². The Kier molecular flexibility index (Phi) is 8.47. The summed E-state index contributed by atoms with van der Waals surface area (Å²) in [5.74, 6) is -0.689. The van der Waals surface area contributed by atoms with Gasteiger partial charge in [-0.2, -0.15) is 5.10 Å². The molecular weight excluding hydrogens is 380 g/mol. The third kappa shape index (κ3) is 5.81. The molecule has 0 bridgehead atoms. The quantitative estimate of drug-likeness (QED) is 0.712. The van der Waals surface area contributed by atoms with Gasteiger partial charge in [0.15, 0.2) is 0 Å². The molecule has 28 heavy (non-hydrogen) atoms. The molecule has 1 aromatic carbocycles. The second-order valence-electron chi connectivity index (χ2n) is 6.72. The van der Waals surface area contributed by atoms with E-state index in [0.29, 0.717) is 18.7 Å². The first-order valence-corrected chi connectivity index (χ1v) is 9.33. The predicted molar refractivity (Wildman–Crippen MR) is 109 cm³/mol. The van der Waals surface area contributed by atoms with E-state index < -0.39 is 5.97 Å². The summed E-state index contributed by atoms with van der Waals surface area (Å²) in [5.41, 5.74) is 1.47. The van der Waals surface area contributed by atoms with Gasteiger partial charge in [0.05, 0.1) is 13.2 Å². The van der Waals surface area contributed by atoms with Crippen LogP contribution < -0.4 is 5.32 Å². The molecule has 1 atom stereocenters. The minimum absolute atomic E-state index is 0. The van der Waals surface area contributed by atoms with Gasteiger partial charge >= 0.3 is 5.97 Å². The van der Waals surface area contributed by atoms with Crippen LogP contribution in [0.3, 0.4) is 0 Å². The molecule has 1 aromatic heterocycles. The number of hydrogen-bond donors (Lipinski definition) is 1. The lowest BCUT2D eigenvalue weighted by atomic mass is 10.1. The third-order valence-electron chi connectivity index (χ3n) is 4.82. The second kappa shape index (κ2) is 10.8. The molecule has 1 aliphatic rings. The summed E-state index contributed by atoms with van der Waals surface area (Å²) in [5, 5.41) is 7.83. The van der Waals surface area contributed by atoms with Crippen LogP contribution in [-0.2, 0) is 16.0 Å². The minimum atomic E-state index is -0.438. The summed E-state index contributed by atoms with van der Waals surface area (Å²) in [6.45, 7) is 2.22. The summed E-state index contributed by atoms with van der Waals surface area (Å²) in [7, 11) is 1.33. The molecule has 7 nitrogen and oxygen atoms in total. The Morgan fingerprint density at radius 2 is 2.07 bits per heavy atom. The van der Waals surface area contributed by atoms with Crippen LogP contribution in [0, 0.1) is 0 Å². The zero-order chi connectivity index (χ0) is 19.1. The topological polar surface area (TPSA) is 76.5 Å². The molecule has 0 saturated carbocycles. The van der Waals surface area contributed by atoms with Crippen molar-refractivity contribution in [3.63, 3.8) is 0 Å². The zero-order valence-corrected chi connectivity index (χ0v) is 16.9. The summed E-state index contributed by atoms with van der Waals surface area (Å²) >= 11 is 0. The average molecular weight is 407 g/mol. The van der Waals surface area contributed by atoms with Crippen molar-refractivity contribution in [3.05, 3.63) is 53.9 Å². The molecule has 0 radical (unpaired) electrons. The number of rotatable bonds is 7. The van der Waals surface area contributed by atoms with Gasteiger partial charge in [0.1, 0.15) is 12.2 Å². The van der Waals surface area contributed by atoms with Gasteiger partial charge in [-0.15, -0.1) is 12.4 Å². The van der Waals surface area contributed by atoms with Crippen LogP contribution in [0.25, 0.3) is 0 Å². The normalized spacial score (nSPS) is 16.1. The number of piperidine rings is 1. The van der Waals surface area contributed by atoms with Crippen LogP contribution in [-0.4, -0.2) is 59.8 Å². The molecule has 1 amide bonds. The number of carbonyl (C=O) groups excluding carboxylic acids is 2. The van der Waals surface area contributed by atoms with Gasteiger partial charge in [-0.05, 0) is 37.4 Å². The van der Waals surface area contributed by atoms with Crippen molar-refractivity contribution in [2.24, 2.45) is 0 Å². The van der Waals surface area contributed by atoms with E-state index in [2.05, 4.69) is 10.4 Å². The van der Waals surface area contributed by atoms with Gasteiger partial charge in [0.25, 0.3) is 5.91 Å². The number of carbonyl (C=O) groups is 2. The van der Waals surface area contributed by atoms with Crippen LogP contribution in [0.1, 0.15) is 34.9 Å². The fourth-order valence-electron chi connectivity index (χ4n) is 3.26. The number of hydrogen-bond acceptors (Lipinski definition) is 5. The van der Waals surface area contributed by atoms with E-state index in [0.717, 1.165) is 31.5 Å². The fraction of sp³-hybridized carbons (Fsp3) is 0.450. The molecule has 152 valence electrons. The molecule has 1 fully saturated rings. The first-order chi connectivity index (χ1) is 13.2. The molecule has 0 aliphatic carbocycles. The Morgan fingerprint density at radius 1 is 1.29 bits per heavy atom. The molecule has 1 aliphatic heterocycles. The van der Waals surface area contributed by atoms with Crippen molar-refractivity contribution in [1.82, 2.24) is 20.0 Å². The van der Waals surface area contributed by atoms with E-state index in [9.17, 15) is 9.59 Å². The van der Waals surface area contributed by atoms with Crippen LogP contribution >= 0.6 is 12.4 Å².